The van der Waals surface area contributed by atoms with Crippen molar-refractivity contribution in [1.82, 2.24) is 0 Å². The van der Waals surface area contributed by atoms with E-state index in [1.165, 1.54) is 0 Å². The van der Waals surface area contributed by atoms with Crippen LogP contribution < -0.4 is 9.47 Å². The first-order chi connectivity index (χ1) is 9.19. The van der Waals surface area contributed by atoms with E-state index in [9.17, 15) is 0 Å². The smallest absolute Gasteiger partial charge is 0.119 e. The van der Waals surface area contributed by atoms with Crippen LogP contribution in [0.25, 0.3) is 0 Å². The van der Waals surface area contributed by atoms with Crippen molar-refractivity contribution in [1.29, 1.82) is 0 Å². The minimum atomic E-state index is 0.181. The zero-order valence-electron chi connectivity index (χ0n) is 12.3. The molecule has 0 aliphatic carbocycles. The summed E-state index contributed by atoms with van der Waals surface area (Å²) in [5.41, 5.74) is 0.181. The molecule has 1 rings (SSSR count). The van der Waals surface area contributed by atoms with Gasteiger partial charge in [-0.1, -0.05) is 20.8 Å². The van der Waals surface area contributed by atoms with Crippen LogP contribution in [0, 0.1) is 5.41 Å². The Kier molecular flexibility index (Phi) is 7.14. The fraction of sp³-hybridized carbons (Fsp3) is 0.625. The van der Waals surface area contributed by atoms with Gasteiger partial charge >= 0.3 is 0 Å². The minimum Gasteiger partial charge on any atom is -0.494 e. The molecular formula is C16H26O2S. The fourth-order valence-electron chi connectivity index (χ4n) is 1.81. The molecule has 1 aromatic rings. The molecular weight excluding hydrogens is 256 g/mol. The summed E-state index contributed by atoms with van der Waals surface area (Å²) in [5.74, 6) is 2.66. The normalized spacial score (nSPS) is 11.4. The Morgan fingerprint density at radius 3 is 1.89 bits per heavy atom. The van der Waals surface area contributed by atoms with Crippen molar-refractivity contribution in [2.75, 3.05) is 19.0 Å². The quantitative estimate of drug-likeness (QED) is 0.668. The topological polar surface area (TPSA) is 18.5 Å². The summed E-state index contributed by atoms with van der Waals surface area (Å²) < 4.78 is 11.5. The van der Waals surface area contributed by atoms with E-state index < -0.39 is 0 Å². The number of thiol groups is 1. The molecule has 0 radical (unpaired) electrons. The van der Waals surface area contributed by atoms with E-state index in [1.54, 1.807) is 0 Å². The minimum absolute atomic E-state index is 0.181. The maximum atomic E-state index is 5.90. The summed E-state index contributed by atoms with van der Waals surface area (Å²) in [4.78, 5) is 0. The van der Waals surface area contributed by atoms with Gasteiger partial charge in [-0.15, -0.1) is 0 Å². The fourth-order valence-corrected chi connectivity index (χ4v) is 2.35. The maximum absolute atomic E-state index is 5.90. The van der Waals surface area contributed by atoms with Crippen LogP contribution in [0.2, 0.25) is 0 Å². The lowest BCUT2D eigenvalue weighted by Crippen LogP contribution is -2.29. The summed E-state index contributed by atoms with van der Waals surface area (Å²) >= 11 is 4.46. The summed E-state index contributed by atoms with van der Waals surface area (Å²) in [6.07, 6.45) is 3.20. The molecule has 0 amide bonds. The average Bonchev–Trinajstić information content (AvgIpc) is 2.48. The van der Waals surface area contributed by atoms with E-state index >= 15 is 0 Å². The molecule has 2 nitrogen and oxygen atoms in total. The van der Waals surface area contributed by atoms with E-state index in [4.69, 9.17) is 9.47 Å². The van der Waals surface area contributed by atoms with Crippen LogP contribution in [-0.2, 0) is 0 Å². The zero-order chi connectivity index (χ0) is 14.1. The summed E-state index contributed by atoms with van der Waals surface area (Å²) in [6.45, 7) is 7.98. The molecule has 0 N–H and O–H groups in total. The molecule has 0 heterocycles. The number of hydrogen-bond donors (Lipinski definition) is 1. The maximum Gasteiger partial charge on any atom is 0.119 e. The molecule has 3 heteroatoms. The van der Waals surface area contributed by atoms with Crippen LogP contribution in [0.4, 0.5) is 0 Å². The third-order valence-electron chi connectivity index (χ3n) is 3.68. The van der Waals surface area contributed by atoms with E-state index in [0.29, 0.717) is 0 Å². The molecule has 0 aliphatic rings. The highest BCUT2D eigenvalue weighted by Crippen LogP contribution is 2.29. The lowest BCUT2D eigenvalue weighted by Gasteiger charge is -2.29. The molecule has 0 aliphatic heterocycles. The van der Waals surface area contributed by atoms with Crippen LogP contribution in [0.15, 0.2) is 24.3 Å². The van der Waals surface area contributed by atoms with Crippen molar-refractivity contribution < 1.29 is 9.47 Å². The number of benzene rings is 1. The van der Waals surface area contributed by atoms with Gasteiger partial charge in [0.25, 0.3) is 0 Å². The summed E-state index contributed by atoms with van der Waals surface area (Å²) in [7, 11) is 0. The van der Waals surface area contributed by atoms with E-state index in [0.717, 1.165) is 49.7 Å². The molecule has 0 saturated heterocycles. The van der Waals surface area contributed by atoms with Crippen LogP contribution in [0.5, 0.6) is 11.5 Å². The third kappa shape index (κ3) is 4.98. The third-order valence-corrected chi connectivity index (χ3v) is 4.35. The van der Waals surface area contributed by atoms with Crippen molar-refractivity contribution in [3.05, 3.63) is 24.3 Å². The number of ether oxygens (including phenoxy) is 2. The summed E-state index contributed by atoms with van der Waals surface area (Å²) in [6, 6.07) is 7.87. The number of hydrogen-bond acceptors (Lipinski definition) is 3. The molecule has 19 heavy (non-hydrogen) atoms. The molecule has 0 unspecified atom stereocenters. The van der Waals surface area contributed by atoms with Gasteiger partial charge in [-0.2, -0.15) is 12.6 Å². The monoisotopic (exact) mass is 282 g/mol. The van der Waals surface area contributed by atoms with Crippen LogP contribution >= 0.6 is 12.6 Å². The molecule has 0 spiro atoms. The first-order valence-corrected chi connectivity index (χ1v) is 7.79. The average molecular weight is 282 g/mol. The van der Waals surface area contributed by atoms with Gasteiger partial charge in [0.2, 0.25) is 0 Å². The first-order valence-electron chi connectivity index (χ1n) is 7.16. The van der Waals surface area contributed by atoms with Gasteiger partial charge in [-0.3, -0.25) is 0 Å². The number of rotatable bonds is 9. The van der Waals surface area contributed by atoms with Gasteiger partial charge in [-0.05, 0) is 49.3 Å². The molecule has 108 valence electrons. The lowest BCUT2D eigenvalue weighted by atomic mass is 9.85. The SMILES string of the molecule is CCCOc1ccc(OCC(CC)(CC)CS)cc1. The van der Waals surface area contributed by atoms with Gasteiger partial charge in [0.15, 0.2) is 0 Å². The van der Waals surface area contributed by atoms with E-state index in [2.05, 4.69) is 33.4 Å². The van der Waals surface area contributed by atoms with Crippen molar-refractivity contribution >= 4 is 12.6 Å². The van der Waals surface area contributed by atoms with Crippen LogP contribution in [0.3, 0.4) is 0 Å². The predicted octanol–water partition coefficient (Wildman–Crippen LogP) is 4.59. The Bertz CT molecular complexity index is 336. The van der Waals surface area contributed by atoms with Crippen molar-refractivity contribution in [3.8, 4) is 11.5 Å². The highest BCUT2D eigenvalue weighted by Gasteiger charge is 2.25. The van der Waals surface area contributed by atoms with Crippen molar-refractivity contribution in [2.45, 2.75) is 40.0 Å². The Morgan fingerprint density at radius 1 is 0.947 bits per heavy atom. The van der Waals surface area contributed by atoms with Crippen molar-refractivity contribution in [2.24, 2.45) is 5.41 Å². The Morgan fingerprint density at radius 2 is 1.47 bits per heavy atom. The Balaban J connectivity index is 2.53. The highest BCUT2D eigenvalue weighted by molar-refractivity contribution is 7.80. The van der Waals surface area contributed by atoms with E-state index in [1.807, 2.05) is 24.3 Å². The van der Waals surface area contributed by atoms with Gasteiger partial charge < -0.3 is 9.47 Å². The van der Waals surface area contributed by atoms with Gasteiger partial charge in [-0.25, -0.2) is 0 Å². The van der Waals surface area contributed by atoms with Crippen molar-refractivity contribution in [3.63, 3.8) is 0 Å². The highest BCUT2D eigenvalue weighted by atomic mass is 32.1. The Labute approximate surface area is 122 Å². The molecule has 0 bridgehead atoms. The standard InChI is InChI=1S/C16H26O2S/c1-4-11-17-14-7-9-15(10-8-14)18-12-16(5-2,6-3)13-19/h7-10,19H,4-6,11-13H2,1-3H3. The second-order valence-electron chi connectivity index (χ2n) is 4.97. The molecule has 1 aromatic carbocycles. The van der Waals surface area contributed by atoms with Gasteiger partial charge in [0, 0.05) is 5.41 Å². The lowest BCUT2D eigenvalue weighted by molar-refractivity contribution is 0.157. The molecule has 0 atom stereocenters. The van der Waals surface area contributed by atoms with Gasteiger partial charge in [0.1, 0.15) is 11.5 Å². The molecule has 0 aromatic heterocycles. The Hall–Kier alpha value is -0.830. The first kappa shape index (κ1) is 16.2. The summed E-state index contributed by atoms with van der Waals surface area (Å²) in [5, 5.41) is 0. The van der Waals surface area contributed by atoms with E-state index in [-0.39, 0.29) is 5.41 Å². The second-order valence-corrected chi connectivity index (χ2v) is 5.29. The van der Waals surface area contributed by atoms with Crippen LogP contribution in [0.1, 0.15) is 40.0 Å². The zero-order valence-corrected chi connectivity index (χ0v) is 13.2. The predicted molar refractivity (Wildman–Crippen MR) is 84.6 cm³/mol. The van der Waals surface area contributed by atoms with Gasteiger partial charge in [0.05, 0.1) is 13.2 Å². The second kappa shape index (κ2) is 8.36. The molecule has 0 fully saturated rings. The molecule has 0 saturated carbocycles. The largest absolute Gasteiger partial charge is 0.494 e. The van der Waals surface area contributed by atoms with Crippen LogP contribution in [-0.4, -0.2) is 19.0 Å².